The second-order valence-corrected chi connectivity index (χ2v) is 11.3. The quantitative estimate of drug-likeness (QED) is 0.374. The summed E-state index contributed by atoms with van der Waals surface area (Å²) in [4.78, 5) is 34.8. The summed E-state index contributed by atoms with van der Waals surface area (Å²) in [5, 5.41) is 14.6. The summed E-state index contributed by atoms with van der Waals surface area (Å²) >= 11 is 1.48. The molecule has 11 heteroatoms. The van der Waals surface area contributed by atoms with Gasteiger partial charge in [0.25, 0.3) is 11.8 Å². The molecule has 10 nitrogen and oxygen atoms in total. The summed E-state index contributed by atoms with van der Waals surface area (Å²) in [6, 6.07) is 3.03. The topological polar surface area (TPSA) is 109 Å². The van der Waals surface area contributed by atoms with E-state index in [1.807, 2.05) is 26.4 Å². The van der Waals surface area contributed by atoms with Crippen molar-refractivity contribution in [3.05, 3.63) is 53.9 Å². The molecule has 2 saturated heterocycles. The summed E-state index contributed by atoms with van der Waals surface area (Å²) in [6.07, 6.45) is 16.5. The average molecular weight is 533 g/mol. The van der Waals surface area contributed by atoms with Gasteiger partial charge in [0.05, 0.1) is 39.8 Å². The fraction of sp³-hybridized carbons (Fsp3) is 0.444. The number of carbonyl (C=O) groups is 2. The fourth-order valence-corrected chi connectivity index (χ4v) is 6.82. The number of nitrogens with zero attached hydrogens (tertiary/aromatic N) is 6. The molecule has 198 valence electrons. The molecule has 0 aliphatic carbocycles. The van der Waals surface area contributed by atoms with Crippen molar-refractivity contribution in [2.24, 2.45) is 7.05 Å². The number of hydrogen-bond acceptors (Lipinski definition) is 7. The van der Waals surface area contributed by atoms with Crippen LogP contribution in [0, 0.1) is 6.92 Å². The van der Waals surface area contributed by atoms with Crippen LogP contribution in [-0.2, 0) is 7.05 Å². The van der Waals surface area contributed by atoms with Gasteiger partial charge in [-0.2, -0.15) is 10.2 Å². The number of thiazole rings is 1. The number of aryl methyl sites for hydroxylation is 2. The lowest BCUT2D eigenvalue weighted by Gasteiger charge is -2.46. The second kappa shape index (κ2) is 10.3. The lowest BCUT2D eigenvalue weighted by atomic mass is 9.84. The van der Waals surface area contributed by atoms with Crippen LogP contribution in [0.25, 0.3) is 15.3 Å². The molecule has 0 unspecified atom stereocenters. The SMILES string of the molecule is Cc1ncc(C(=O)NCCN2C3CCCC2CCC3)cc1NC(=O)c1cnn2cc(-c3cnn(C)c3)sc12. The number of aromatic nitrogens is 5. The molecule has 0 spiro atoms. The number of rotatable bonds is 7. The Morgan fingerprint density at radius 3 is 2.50 bits per heavy atom. The first-order valence-corrected chi connectivity index (χ1v) is 14.1. The van der Waals surface area contributed by atoms with Crippen molar-refractivity contribution in [3.8, 4) is 10.4 Å². The van der Waals surface area contributed by atoms with Crippen LogP contribution in [0.5, 0.6) is 0 Å². The third-order valence-electron chi connectivity index (χ3n) is 7.77. The van der Waals surface area contributed by atoms with E-state index in [-0.39, 0.29) is 11.8 Å². The Labute approximate surface area is 225 Å². The van der Waals surface area contributed by atoms with E-state index in [9.17, 15) is 9.59 Å². The minimum Gasteiger partial charge on any atom is -0.351 e. The minimum atomic E-state index is -0.293. The van der Waals surface area contributed by atoms with Crippen molar-refractivity contribution in [3.63, 3.8) is 0 Å². The van der Waals surface area contributed by atoms with Crippen molar-refractivity contribution in [1.29, 1.82) is 0 Å². The number of amides is 2. The lowest BCUT2D eigenvalue weighted by molar-refractivity contribution is 0.0412. The zero-order valence-corrected chi connectivity index (χ0v) is 22.5. The Hall–Kier alpha value is -3.57. The molecule has 2 aliphatic heterocycles. The van der Waals surface area contributed by atoms with Gasteiger partial charge in [-0.1, -0.05) is 12.8 Å². The molecule has 2 N–H and O–H groups in total. The van der Waals surface area contributed by atoms with Gasteiger partial charge in [0.2, 0.25) is 0 Å². The largest absolute Gasteiger partial charge is 0.351 e. The molecule has 2 bridgehead atoms. The van der Waals surface area contributed by atoms with Crippen LogP contribution in [-0.4, -0.2) is 66.3 Å². The van der Waals surface area contributed by atoms with E-state index in [0.717, 1.165) is 21.8 Å². The highest BCUT2D eigenvalue weighted by molar-refractivity contribution is 7.21. The first-order valence-electron chi connectivity index (χ1n) is 13.2. The van der Waals surface area contributed by atoms with Crippen LogP contribution in [0.1, 0.15) is 64.9 Å². The number of carbonyl (C=O) groups excluding carboxylic acids is 2. The van der Waals surface area contributed by atoms with Crippen LogP contribution in [0.2, 0.25) is 0 Å². The summed E-state index contributed by atoms with van der Waals surface area (Å²) in [5.74, 6) is -0.471. The van der Waals surface area contributed by atoms with E-state index in [2.05, 4.69) is 30.7 Å². The molecule has 38 heavy (non-hydrogen) atoms. The number of pyridine rings is 1. The molecule has 2 aliphatic rings. The van der Waals surface area contributed by atoms with Crippen LogP contribution in [0.15, 0.2) is 37.1 Å². The fourth-order valence-electron chi connectivity index (χ4n) is 5.79. The summed E-state index contributed by atoms with van der Waals surface area (Å²) in [7, 11) is 1.87. The number of hydrogen-bond donors (Lipinski definition) is 2. The standard InChI is InChI=1S/C27H32N8O2S/c1-17-23(32-26(37)22-14-31-35-16-24(38-27(22)35)19-13-30-33(2)15-19)11-18(12-29-17)25(36)28-9-10-34-20-5-3-6-21(34)8-4-7-20/h11-16,20-21H,3-10H2,1-2H3,(H,28,36)(H,32,37). The smallest absolute Gasteiger partial charge is 0.260 e. The number of nitrogens with one attached hydrogen (secondary N) is 2. The molecule has 2 fully saturated rings. The third-order valence-corrected chi connectivity index (χ3v) is 8.93. The Morgan fingerprint density at radius 2 is 1.79 bits per heavy atom. The highest BCUT2D eigenvalue weighted by atomic mass is 32.1. The van der Waals surface area contributed by atoms with Crippen LogP contribution in [0.3, 0.4) is 0 Å². The molecule has 2 amide bonds. The predicted octanol–water partition coefficient (Wildman–Crippen LogP) is 3.89. The van der Waals surface area contributed by atoms with Crippen molar-refractivity contribution in [2.75, 3.05) is 18.4 Å². The first kappa shape index (κ1) is 24.7. The molecule has 0 radical (unpaired) electrons. The van der Waals surface area contributed by atoms with Crippen LogP contribution >= 0.6 is 11.3 Å². The molecule has 0 saturated carbocycles. The van der Waals surface area contributed by atoms with Crippen molar-refractivity contribution >= 4 is 33.7 Å². The molecular weight excluding hydrogens is 500 g/mol. The van der Waals surface area contributed by atoms with Gasteiger partial charge < -0.3 is 10.6 Å². The van der Waals surface area contributed by atoms with Gasteiger partial charge in [0.15, 0.2) is 0 Å². The summed E-state index contributed by atoms with van der Waals surface area (Å²) in [5.41, 5.74) is 3.02. The van der Waals surface area contributed by atoms with E-state index >= 15 is 0 Å². The van der Waals surface area contributed by atoms with E-state index in [1.54, 1.807) is 33.9 Å². The van der Waals surface area contributed by atoms with Crippen molar-refractivity contribution in [2.45, 2.75) is 57.5 Å². The molecule has 4 aromatic heterocycles. The molecule has 6 heterocycles. The minimum absolute atomic E-state index is 0.178. The summed E-state index contributed by atoms with van der Waals surface area (Å²) in [6.45, 7) is 3.29. The lowest BCUT2D eigenvalue weighted by Crippen LogP contribution is -2.52. The molecule has 0 aromatic carbocycles. The maximum Gasteiger partial charge on any atom is 0.260 e. The van der Waals surface area contributed by atoms with Crippen molar-refractivity contribution in [1.82, 2.24) is 34.6 Å². The van der Waals surface area contributed by atoms with Gasteiger partial charge in [-0.25, -0.2) is 4.52 Å². The van der Waals surface area contributed by atoms with Crippen LogP contribution in [0.4, 0.5) is 5.69 Å². The Kier molecular flexibility index (Phi) is 6.71. The predicted molar refractivity (Wildman–Crippen MR) is 147 cm³/mol. The van der Waals surface area contributed by atoms with Gasteiger partial charge in [-0.3, -0.25) is 24.2 Å². The van der Waals surface area contributed by atoms with Gasteiger partial charge in [0, 0.05) is 56.4 Å². The Morgan fingerprint density at radius 1 is 1.03 bits per heavy atom. The maximum absolute atomic E-state index is 13.2. The van der Waals surface area contributed by atoms with E-state index < -0.39 is 0 Å². The van der Waals surface area contributed by atoms with Gasteiger partial charge in [-0.05, 0) is 38.7 Å². The van der Waals surface area contributed by atoms with Crippen LogP contribution < -0.4 is 10.6 Å². The monoisotopic (exact) mass is 532 g/mol. The Bertz CT molecular complexity index is 1470. The number of fused-ring (bicyclic) bond motifs is 3. The van der Waals surface area contributed by atoms with Gasteiger partial charge in [-0.15, -0.1) is 11.3 Å². The van der Waals surface area contributed by atoms with Gasteiger partial charge in [0.1, 0.15) is 4.83 Å². The second-order valence-electron chi connectivity index (χ2n) is 10.3. The molecule has 0 atom stereocenters. The zero-order chi connectivity index (χ0) is 26.2. The number of anilines is 1. The Balaban J connectivity index is 1.12. The molecule has 6 rings (SSSR count). The maximum atomic E-state index is 13.2. The average Bonchev–Trinajstić information content (AvgIpc) is 3.61. The highest BCUT2D eigenvalue weighted by Gasteiger charge is 2.33. The van der Waals surface area contributed by atoms with Gasteiger partial charge >= 0.3 is 0 Å². The van der Waals surface area contributed by atoms with E-state index in [0.29, 0.717) is 41.1 Å². The molecule has 4 aromatic rings. The van der Waals surface area contributed by atoms with E-state index in [4.69, 9.17) is 0 Å². The van der Waals surface area contributed by atoms with E-state index in [1.165, 1.54) is 49.9 Å². The number of piperidine rings is 2. The first-order chi connectivity index (χ1) is 18.5. The highest BCUT2D eigenvalue weighted by Crippen LogP contribution is 2.33. The zero-order valence-electron chi connectivity index (χ0n) is 21.7. The third kappa shape index (κ3) is 4.83. The normalized spacial score (nSPS) is 19.5. The van der Waals surface area contributed by atoms with Crippen molar-refractivity contribution < 1.29 is 9.59 Å². The molecular formula is C27H32N8O2S. The summed E-state index contributed by atoms with van der Waals surface area (Å²) < 4.78 is 3.44.